The fourth-order valence-electron chi connectivity index (χ4n) is 1.96. The van der Waals surface area contributed by atoms with Gasteiger partial charge in [-0.2, -0.15) is 0 Å². The van der Waals surface area contributed by atoms with Crippen molar-refractivity contribution in [1.29, 1.82) is 0 Å². The highest BCUT2D eigenvalue weighted by molar-refractivity contribution is 5.82. The van der Waals surface area contributed by atoms with Crippen molar-refractivity contribution in [2.45, 2.75) is 6.92 Å². The van der Waals surface area contributed by atoms with Crippen molar-refractivity contribution in [3.63, 3.8) is 0 Å². The summed E-state index contributed by atoms with van der Waals surface area (Å²) in [6.45, 7) is 1.91. The molecule has 3 aromatic rings. The molecule has 112 valence electrons. The summed E-state index contributed by atoms with van der Waals surface area (Å²) < 4.78 is 1.40. The summed E-state index contributed by atoms with van der Waals surface area (Å²) in [5, 5.41) is 12.8. The second-order valence-electron chi connectivity index (χ2n) is 4.78. The highest BCUT2D eigenvalue weighted by atomic mass is 16.4. The third kappa shape index (κ3) is 3.41. The molecule has 0 bridgehead atoms. The number of nitrogens with zero attached hydrogens (tertiary/aromatic N) is 4. The van der Waals surface area contributed by atoms with E-state index in [2.05, 4.69) is 26.9 Å². The molecule has 6 nitrogen and oxygen atoms in total. The summed E-state index contributed by atoms with van der Waals surface area (Å²) in [4.78, 5) is 18.9. The number of hydrogen-bond acceptors (Lipinski definition) is 4. The quantitative estimate of drug-likeness (QED) is 0.733. The number of rotatable bonds is 2. The third-order valence-electron chi connectivity index (χ3n) is 3.02. The van der Waals surface area contributed by atoms with Gasteiger partial charge in [-0.3, -0.25) is 0 Å². The predicted molar refractivity (Wildman–Crippen MR) is 83.3 cm³/mol. The Hall–Kier alpha value is -3.46. The maximum atomic E-state index is 10.8. The van der Waals surface area contributed by atoms with Crippen LogP contribution in [-0.2, 0) is 0 Å². The Morgan fingerprint density at radius 2 is 2.00 bits per heavy atom. The van der Waals surface area contributed by atoms with Crippen molar-refractivity contribution in [3.8, 4) is 17.5 Å². The number of benzene rings is 1. The number of carboxylic acids is 1. The molecule has 0 aliphatic rings. The van der Waals surface area contributed by atoms with E-state index in [-0.39, 0.29) is 5.82 Å². The van der Waals surface area contributed by atoms with Gasteiger partial charge >= 0.3 is 5.97 Å². The number of pyridine rings is 1. The van der Waals surface area contributed by atoms with Crippen LogP contribution >= 0.6 is 0 Å². The molecule has 0 spiro atoms. The van der Waals surface area contributed by atoms with Crippen LogP contribution in [0, 0.1) is 18.8 Å². The number of carboxylic acid groups (broad SMARTS) is 1. The van der Waals surface area contributed by atoms with Gasteiger partial charge in [0.05, 0.1) is 5.69 Å². The number of aryl methyl sites for hydroxylation is 1. The second kappa shape index (κ2) is 6.12. The lowest BCUT2D eigenvalue weighted by Crippen LogP contribution is -2.01. The zero-order valence-electron chi connectivity index (χ0n) is 12.3. The van der Waals surface area contributed by atoms with Crippen LogP contribution in [-0.4, -0.2) is 30.8 Å². The Morgan fingerprint density at radius 1 is 1.17 bits per heavy atom. The monoisotopic (exact) mass is 304 g/mol. The number of aromatic nitrogens is 4. The lowest BCUT2D eigenvalue weighted by molar-refractivity contribution is 0.0683. The molecule has 0 saturated carbocycles. The Morgan fingerprint density at radius 3 is 2.74 bits per heavy atom. The minimum absolute atomic E-state index is 0.245. The Bertz CT molecular complexity index is 935. The van der Waals surface area contributed by atoms with E-state index in [0.29, 0.717) is 11.4 Å². The van der Waals surface area contributed by atoms with Gasteiger partial charge in [0.25, 0.3) is 5.82 Å². The van der Waals surface area contributed by atoms with Crippen LogP contribution in [0.15, 0.2) is 48.8 Å². The zero-order chi connectivity index (χ0) is 16.2. The minimum Gasteiger partial charge on any atom is -0.475 e. The van der Waals surface area contributed by atoms with Crippen LogP contribution in [0.5, 0.6) is 0 Å². The van der Waals surface area contributed by atoms with Gasteiger partial charge in [0.1, 0.15) is 12.0 Å². The van der Waals surface area contributed by atoms with Crippen LogP contribution in [0.2, 0.25) is 0 Å². The molecule has 3 rings (SSSR count). The fraction of sp³-hybridized carbons (Fsp3) is 0.0588. The van der Waals surface area contributed by atoms with Gasteiger partial charge in [0.2, 0.25) is 0 Å². The first-order chi connectivity index (χ1) is 11.1. The molecule has 0 unspecified atom stereocenters. The maximum Gasteiger partial charge on any atom is 0.375 e. The van der Waals surface area contributed by atoms with E-state index in [1.807, 2.05) is 43.3 Å². The van der Waals surface area contributed by atoms with Crippen LogP contribution in [0.25, 0.3) is 5.69 Å². The van der Waals surface area contributed by atoms with Crippen LogP contribution in [0.4, 0.5) is 0 Å². The lowest BCUT2D eigenvalue weighted by Gasteiger charge is -2.00. The van der Waals surface area contributed by atoms with E-state index < -0.39 is 5.97 Å². The van der Waals surface area contributed by atoms with Crippen LogP contribution < -0.4 is 0 Å². The molecule has 0 aliphatic carbocycles. The summed E-state index contributed by atoms with van der Waals surface area (Å²) in [6.07, 6.45) is 1.36. The lowest BCUT2D eigenvalue weighted by atomic mass is 10.2. The zero-order valence-corrected chi connectivity index (χ0v) is 12.3. The fourth-order valence-corrected chi connectivity index (χ4v) is 1.96. The Balaban J connectivity index is 1.89. The average Bonchev–Trinajstić information content (AvgIpc) is 3.04. The molecule has 0 fully saturated rings. The first kappa shape index (κ1) is 14.5. The molecule has 0 radical (unpaired) electrons. The number of aromatic carboxylic acids is 1. The van der Waals surface area contributed by atoms with E-state index in [1.54, 1.807) is 6.07 Å². The molecular formula is C17H12N4O2. The topological polar surface area (TPSA) is 80.9 Å². The van der Waals surface area contributed by atoms with Crippen molar-refractivity contribution in [1.82, 2.24) is 19.7 Å². The number of carbonyl (C=O) groups is 1. The SMILES string of the molecule is Cc1cccc(C#Cc2cccc(-n3cnc(C(=O)O)n3)c2)n1. The average molecular weight is 304 g/mol. The van der Waals surface area contributed by atoms with Gasteiger partial charge in [-0.25, -0.2) is 19.4 Å². The van der Waals surface area contributed by atoms with Crippen molar-refractivity contribution in [3.05, 3.63) is 71.6 Å². The van der Waals surface area contributed by atoms with Crippen molar-refractivity contribution in [2.75, 3.05) is 0 Å². The summed E-state index contributed by atoms with van der Waals surface area (Å²) in [7, 11) is 0. The first-order valence-corrected chi connectivity index (χ1v) is 6.83. The molecular weight excluding hydrogens is 292 g/mol. The van der Waals surface area contributed by atoms with Crippen molar-refractivity contribution >= 4 is 5.97 Å². The van der Waals surface area contributed by atoms with E-state index in [1.165, 1.54) is 11.0 Å². The molecule has 0 amide bonds. The molecule has 2 heterocycles. The predicted octanol–water partition coefficient (Wildman–Crippen LogP) is 2.07. The van der Waals surface area contributed by atoms with Crippen molar-refractivity contribution in [2.24, 2.45) is 0 Å². The highest BCUT2D eigenvalue weighted by Crippen LogP contribution is 2.09. The van der Waals surface area contributed by atoms with E-state index in [4.69, 9.17) is 5.11 Å². The highest BCUT2D eigenvalue weighted by Gasteiger charge is 2.09. The molecule has 1 aromatic carbocycles. The minimum atomic E-state index is -1.16. The van der Waals surface area contributed by atoms with Crippen molar-refractivity contribution < 1.29 is 9.90 Å². The van der Waals surface area contributed by atoms with Gasteiger partial charge in [0.15, 0.2) is 0 Å². The summed E-state index contributed by atoms with van der Waals surface area (Å²) in [6, 6.07) is 13.0. The Kier molecular flexibility index (Phi) is 3.85. The van der Waals surface area contributed by atoms with Gasteiger partial charge in [-0.05, 0) is 43.2 Å². The first-order valence-electron chi connectivity index (χ1n) is 6.83. The second-order valence-corrected chi connectivity index (χ2v) is 4.78. The summed E-state index contributed by atoms with van der Waals surface area (Å²) in [5.74, 6) is 4.63. The smallest absolute Gasteiger partial charge is 0.375 e. The van der Waals surface area contributed by atoms with Crippen LogP contribution in [0.3, 0.4) is 0 Å². The Labute approximate surface area is 132 Å². The van der Waals surface area contributed by atoms with Gasteiger partial charge in [-0.1, -0.05) is 18.1 Å². The summed E-state index contributed by atoms with van der Waals surface area (Å²) in [5.41, 5.74) is 3.07. The molecule has 0 atom stereocenters. The molecule has 0 saturated heterocycles. The summed E-state index contributed by atoms with van der Waals surface area (Å²) >= 11 is 0. The van der Waals surface area contributed by atoms with E-state index in [0.717, 1.165) is 11.3 Å². The molecule has 2 aromatic heterocycles. The molecule has 23 heavy (non-hydrogen) atoms. The maximum absolute atomic E-state index is 10.8. The molecule has 6 heteroatoms. The largest absolute Gasteiger partial charge is 0.475 e. The number of hydrogen-bond donors (Lipinski definition) is 1. The van der Waals surface area contributed by atoms with Gasteiger partial charge in [0, 0.05) is 11.3 Å². The standard InChI is InChI=1S/C17H12N4O2/c1-12-4-2-6-14(19-12)9-8-13-5-3-7-15(10-13)21-11-18-16(20-21)17(22)23/h2-7,10-11H,1H3,(H,22,23). The van der Waals surface area contributed by atoms with Gasteiger partial charge < -0.3 is 5.11 Å². The molecule has 0 aliphatic heterocycles. The van der Waals surface area contributed by atoms with Gasteiger partial charge in [-0.15, -0.1) is 5.10 Å². The van der Waals surface area contributed by atoms with E-state index in [9.17, 15) is 4.79 Å². The molecule has 1 N–H and O–H groups in total. The van der Waals surface area contributed by atoms with E-state index >= 15 is 0 Å². The third-order valence-corrected chi connectivity index (χ3v) is 3.02. The van der Waals surface area contributed by atoms with Crippen LogP contribution in [0.1, 0.15) is 27.6 Å². The normalized spacial score (nSPS) is 9.96.